The van der Waals surface area contributed by atoms with Crippen molar-refractivity contribution in [3.8, 4) is 0 Å². The van der Waals surface area contributed by atoms with Gasteiger partial charge in [-0.05, 0) is 30.7 Å². The van der Waals surface area contributed by atoms with E-state index in [4.69, 9.17) is 4.74 Å². The van der Waals surface area contributed by atoms with Crippen molar-refractivity contribution in [3.63, 3.8) is 0 Å². The summed E-state index contributed by atoms with van der Waals surface area (Å²) in [4.78, 5) is 34.1. The van der Waals surface area contributed by atoms with Crippen LogP contribution in [-0.4, -0.2) is 24.0 Å². The first-order valence-electron chi connectivity index (χ1n) is 7.16. The summed E-state index contributed by atoms with van der Waals surface area (Å²) >= 11 is 0. The summed E-state index contributed by atoms with van der Waals surface area (Å²) in [5.41, 5.74) is -0.195. The van der Waals surface area contributed by atoms with Crippen LogP contribution in [0.1, 0.15) is 39.3 Å². The van der Waals surface area contributed by atoms with Gasteiger partial charge in [-0.3, -0.25) is 10.1 Å². The molecule has 0 aromatic heterocycles. The van der Waals surface area contributed by atoms with Crippen LogP contribution in [0.15, 0.2) is 42.5 Å². The molecule has 0 aliphatic rings. The number of benzene rings is 2. The van der Waals surface area contributed by atoms with Crippen LogP contribution in [0.5, 0.6) is 0 Å². The average molecular weight is 347 g/mol. The molecule has 0 aliphatic heterocycles. The summed E-state index contributed by atoms with van der Waals surface area (Å²) in [6.45, 7) is 1.57. The SMILES string of the molecule is COC(=O)c1cc(C(=O)O[C@@H](C)c2ccc(F)cc2)cc([N+](=O)[O-])c1. The molecule has 0 heterocycles. The van der Waals surface area contributed by atoms with Crippen LogP contribution in [0.25, 0.3) is 0 Å². The second kappa shape index (κ2) is 7.52. The largest absolute Gasteiger partial charge is 0.465 e. The third-order valence-corrected chi connectivity index (χ3v) is 3.41. The average Bonchev–Trinajstić information content (AvgIpc) is 2.60. The Morgan fingerprint density at radius 1 is 1.08 bits per heavy atom. The lowest BCUT2D eigenvalue weighted by atomic mass is 10.1. The molecule has 0 spiro atoms. The predicted molar refractivity (Wildman–Crippen MR) is 84.7 cm³/mol. The van der Waals surface area contributed by atoms with Crippen molar-refractivity contribution < 1.29 is 28.4 Å². The topological polar surface area (TPSA) is 95.7 Å². The minimum Gasteiger partial charge on any atom is -0.465 e. The predicted octanol–water partition coefficient (Wildman–Crippen LogP) is 3.44. The fourth-order valence-corrected chi connectivity index (χ4v) is 2.10. The molecule has 0 bridgehead atoms. The summed E-state index contributed by atoms with van der Waals surface area (Å²) < 4.78 is 22.7. The molecule has 0 fully saturated rings. The Labute approximate surface area is 142 Å². The molecule has 0 amide bonds. The standard InChI is InChI=1S/C17H14FNO6/c1-10(11-3-5-14(18)6-4-11)25-17(21)13-7-12(16(20)24-2)8-15(9-13)19(22)23/h3-10H,1-2H3/t10-/m0/s1. The number of carbonyl (C=O) groups is 2. The van der Waals surface area contributed by atoms with Gasteiger partial charge in [0.05, 0.1) is 23.2 Å². The van der Waals surface area contributed by atoms with E-state index in [1.165, 1.54) is 24.3 Å². The van der Waals surface area contributed by atoms with Crippen LogP contribution in [0.4, 0.5) is 10.1 Å². The summed E-state index contributed by atoms with van der Waals surface area (Å²) in [5.74, 6) is -2.10. The maximum absolute atomic E-state index is 12.9. The van der Waals surface area contributed by atoms with Crippen LogP contribution in [0.2, 0.25) is 0 Å². The maximum atomic E-state index is 12.9. The van der Waals surface area contributed by atoms with Gasteiger partial charge in [0.2, 0.25) is 0 Å². The smallest absolute Gasteiger partial charge is 0.339 e. The zero-order chi connectivity index (χ0) is 18.6. The molecule has 130 valence electrons. The number of non-ortho nitro benzene ring substituents is 1. The van der Waals surface area contributed by atoms with Crippen LogP contribution < -0.4 is 0 Å². The minimum atomic E-state index is -0.856. The van der Waals surface area contributed by atoms with Crippen LogP contribution >= 0.6 is 0 Å². The van der Waals surface area contributed by atoms with Crippen molar-refractivity contribution in [1.82, 2.24) is 0 Å². The highest BCUT2D eigenvalue weighted by Gasteiger charge is 2.21. The number of halogens is 1. The fourth-order valence-electron chi connectivity index (χ4n) is 2.10. The zero-order valence-corrected chi connectivity index (χ0v) is 13.4. The second-order valence-electron chi connectivity index (χ2n) is 5.12. The number of carbonyl (C=O) groups excluding carboxylic acids is 2. The van der Waals surface area contributed by atoms with Crippen molar-refractivity contribution in [2.45, 2.75) is 13.0 Å². The summed E-state index contributed by atoms with van der Waals surface area (Å²) in [6.07, 6.45) is -0.714. The molecule has 2 aromatic rings. The molecule has 2 rings (SSSR count). The Morgan fingerprint density at radius 3 is 2.16 bits per heavy atom. The van der Waals surface area contributed by atoms with Crippen LogP contribution in [-0.2, 0) is 9.47 Å². The Bertz CT molecular complexity index is 818. The van der Waals surface area contributed by atoms with Gasteiger partial charge in [0, 0.05) is 12.1 Å². The van der Waals surface area contributed by atoms with Gasteiger partial charge in [-0.25, -0.2) is 14.0 Å². The van der Waals surface area contributed by atoms with Gasteiger partial charge < -0.3 is 9.47 Å². The highest BCUT2D eigenvalue weighted by molar-refractivity contribution is 5.96. The van der Waals surface area contributed by atoms with Crippen molar-refractivity contribution >= 4 is 17.6 Å². The lowest BCUT2D eigenvalue weighted by Crippen LogP contribution is -2.11. The number of esters is 2. The highest BCUT2D eigenvalue weighted by Crippen LogP contribution is 2.22. The molecule has 0 unspecified atom stereocenters. The first-order valence-corrected chi connectivity index (χ1v) is 7.16. The number of methoxy groups -OCH3 is 1. The van der Waals surface area contributed by atoms with E-state index in [-0.39, 0.29) is 11.1 Å². The molecule has 1 atom stereocenters. The van der Waals surface area contributed by atoms with Gasteiger partial charge in [-0.15, -0.1) is 0 Å². The highest BCUT2D eigenvalue weighted by atomic mass is 19.1. The normalized spacial score (nSPS) is 11.5. The first kappa shape index (κ1) is 18.1. The molecule has 25 heavy (non-hydrogen) atoms. The number of nitrogens with zero attached hydrogens (tertiary/aromatic N) is 1. The molecular weight excluding hydrogens is 333 g/mol. The molecule has 0 saturated carbocycles. The van der Waals surface area contributed by atoms with Gasteiger partial charge in [-0.1, -0.05) is 12.1 Å². The van der Waals surface area contributed by atoms with E-state index >= 15 is 0 Å². The lowest BCUT2D eigenvalue weighted by Gasteiger charge is -2.14. The number of hydrogen-bond donors (Lipinski definition) is 0. The third kappa shape index (κ3) is 4.37. The monoisotopic (exact) mass is 347 g/mol. The van der Waals surface area contributed by atoms with Gasteiger partial charge >= 0.3 is 11.9 Å². The molecule has 0 aliphatic carbocycles. The van der Waals surface area contributed by atoms with E-state index in [9.17, 15) is 24.1 Å². The number of nitro groups is 1. The number of hydrogen-bond acceptors (Lipinski definition) is 6. The molecule has 7 nitrogen and oxygen atoms in total. The summed E-state index contributed by atoms with van der Waals surface area (Å²) in [5, 5.41) is 11.0. The number of nitro benzene ring substituents is 1. The van der Waals surface area contributed by atoms with Crippen LogP contribution in [0, 0.1) is 15.9 Å². The second-order valence-corrected chi connectivity index (χ2v) is 5.12. The Hall–Kier alpha value is -3.29. The maximum Gasteiger partial charge on any atom is 0.339 e. The van der Waals surface area contributed by atoms with Crippen molar-refractivity contribution in [2.24, 2.45) is 0 Å². The third-order valence-electron chi connectivity index (χ3n) is 3.41. The quantitative estimate of drug-likeness (QED) is 0.467. The zero-order valence-electron chi connectivity index (χ0n) is 13.4. The van der Waals surface area contributed by atoms with E-state index in [1.54, 1.807) is 6.92 Å². The Morgan fingerprint density at radius 2 is 1.64 bits per heavy atom. The van der Waals surface area contributed by atoms with Gasteiger partial charge in [-0.2, -0.15) is 0 Å². The fraction of sp³-hybridized carbons (Fsp3) is 0.176. The van der Waals surface area contributed by atoms with Gasteiger partial charge in [0.25, 0.3) is 5.69 Å². The van der Waals surface area contributed by atoms with Crippen molar-refractivity contribution in [3.05, 3.63) is 75.1 Å². The molecule has 0 radical (unpaired) electrons. The Kier molecular flexibility index (Phi) is 5.43. The lowest BCUT2D eigenvalue weighted by molar-refractivity contribution is -0.384. The number of ether oxygens (including phenoxy) is 2. The molecular formula is C17H14FNO6. The summed E-state index contributed by atoms with van der Waals surface area (Å²) in [6, 6.07) is 8.53. The molecule has 0 saturated heterocycles. The Balaban J connectivity index is 2.28. The van der Waals surface area contributed by atoms with E-state index < -0.39 is 34.5 Å². The summed E-state index contributed by atoms with van der Waals surface area (Å²) in [7, 11) is 1.12. The number of rotatable bonds is 5. The van der Waals surface area contributed by atoms with E-state index in [0.29, 0.717) is 5.56 Å². The van der Waals surface area contributed by atoms with E-state index in [1.807, 2.05) is 0 Å². The van der Waals surface area contributed by atoms with Gasteiger partial charge in [0.1, 0.15) is 11.9 Å². The van der Waals surface area contributed by atoms with Gasteiger partial charge in [0.15, 0.2) is 0 Å². The van der Waals surface area contributed by atoms with E-state index in [2.05, 4.69) is 4.74 Å². The van der Waals surface area contributed by atoms with Crippen molar-refractivity contribution in [2.75, 3.05) is 7.11 Å². The van der Waals surface area contributed by atoms with Crippen molar-refractivity contribution in [1.29, 1.82) is 0 Å². The molecule has 8 heteroatoms. The molecule has 0 N–H and O–H groups in total. The van der Waals surface area contributed by atoms with E-state index in [0.717, 1.165) is 25.3 Å². The van der Waals surface area contributed by atoms with Crippen LogP contribution in [0.3, 0.4) is 0 Å². The first-order chi connectivity index (χ1) is 11.8. The minimum absolute atomic E-state index is 0.141. The molecule has 2 aromatic carbocycles.